The third-order valence-corrected chi connectivity index (χ3v) is 4.85. The fourth-order valence-electron chi connectivity index (χ4n) is 3.33. The van der Waals surface area contributed by atoms with Crippen molar-refractivity contribution < 1.29 is 14.6 Å². The Morgan fingerprint density at radius 3 is 1.81 bits per heavy atom. The molecule has 0 aliphatic heterocycles. The van der Waals surface area contributed by atoms with Crippen LogP contribution in [0, 0.1) is 0 Å². The van der Waals surface area contributed by atoms with E-state index in [2.05, 4.69) is 0 Å². The summed E-state index contributed by atoms with van der Waals surface area (Å²) in [5.74, 6) is 1.33. The Morgan fingerprint density at radius 1 is 0.815 bits per heavy atom. The Hall–Kier alpha value is -2.82. The Kier molecular flexibility index (Phi) is 5.79. The molecule has 0 aliphatic carbocycles. The zero-order chi connectivity index (χ0) is 19.3. The van der Waals surface area contributed by atoms with Crippen LogP contribution in [-0.4, -0.2) is 25.4 Å². The first-order valence-electron chi connectivity index (χ1n) is 8.89. The standard InChI is InChI=1S/C23H25NO3/c1-26-20-12-6-10-18(15-20)23(25,19-11-7-13-21(16-19)27-2)22(24)14-17-8-4-3-5-9-17/h3-13,15-16,22,25H,14,24H2,1-2H3/t22-/m1/s1. The number of hydrogen-bond acceptors (Lipinski definition) is 4. The minimum atomic E-state index is -1.40. The number of rotatable bonds is 7. The molecule has 0 heterocycles. The zero-order valence-corrected chi connectivity index (χ0v) is 15.6. The summed E-state index contributed by atoms with van der Waals surface area (Å²) in [7, 11) is 3.21. The predicted octanol–water partition coefficient (Wildman–Crippen LogP) is 3.51. The van der Waals surface area contributed by atoms with Crippen LogP contribution in [0.1, 0.15) is 16.7 Å². The van der Waals surface area contributed by atoms with Crippen LogP contribution in [0.15, 0.2) is 78.9 Å². The molecule has 0 aliphatic rings. The van der Waals surface area contributed by atoms with Gasteiger partial charge < -0.3 is 20.3 Å². The van der Waals surface area contributed by atoms with E-state index >= 15 is 0 Å². The molecule has 0 amide bonds. The predicted molar refractivity (Wildman–Crippen MR) is 107 cm³/mol. The van der Waals surface area contributed by atoms with E-state index in [-0.39, 0.29) is 0 Å². The van der Waals surface area contributed by atoms with E-state index < -0.39 is 11.6 Å². The summed E-state index contributed by atoms with van der Waals surface area (Å²) in [6, 6.07) is 24.1. The lowest BCUT2D eigenvalue weighted by Gasteiger charge is -2.35. The maximum absolute atomic E-state index is 11.9. The lowest BCUT2D eigenvalue weighted by molar-refractivity contribution is 0.0512. The molecule has 27 heavy (non-hydrogen) atoms. The van der Waals surface area contributed by atoms with E-state index in [0.717, 1.165) is 5.56 Å². The van der Waals surface area contributed by atoms with Crippen LogP contribution >= 0.6 is 0 Å². The second-order valence-corrected chi connectivity index (χ2v) is 6.53. The number of hydrogen-bond donors (Lipinski definition) is 2. The smallest absolute Gasteiger partial charge is 0.130 e. The van der Waals surface area contributed by atoms with E-state index in [1.165, 1.54) is 0 Å². The van der Waals surface area contributed by atoms with Gasteiger partial charge in [-0.15, -0.1) is 0 Å². The molecule has 0 unspecified atom stereocenters. The molecule has 4 nitrogen and oxygen atoms in total. The third kappa shape index (κ3) is 3.97. The Morgan fingerprint density at radius 2 is 1.33 bits per heavy atom. The minimum absolute atomic E-state index is 0.520. The normalized spacial score (nSPS) is 12.4. The molecule has 0 fully saturated rings. The monoisotopic (exact) mass is 363 g/mol. The molecule has 0 aromatic heterocycles. The molecule has 0 bridgehead atoms. The first-order chi connectivity index (χ1) is 13.1. The van der Waals surface area contributed by atoms with Crippen molar-refractivity contribution in [1.29, 1.82) is 0 Å². The van der Waals surface area contributed by atoms with E-state index in [1.807, 2.05) is 78.9 Å². The van der Waals surface area contributed by atoms with Crippen molar-refractivity contribution in [3.8, 4) is 11.5 Å². The fraction of sp³-hybridized carbons (Fsp3) is 0.217. The topological polar surface area (TPSA) is 64.7 Å². The average molecular weight is 363 g/mol. The molecule has 0 saturated heterocycles. The Balaban J connectivity index is 2.09. The summed E-state index contributed by atoms with van der Waals surface area (Å²) < 4.78 is 10.7. The van der Waals surface area contributed by atoms with Gasteiger partial charge in [-0.25, -0.2) is 0 Å². The second-order valence-electron chi connectivity index (χ2n) is 6.53. The summed E-state index contributed by atoms with van der Waals surface area (Å²) in [6.07, 6.45) is 0.520. The molecule has 3 N–H and O–H groups in total. The van der Waals surface area contributed by atoms with Gasteiger partial charge in [0.1, 0.15) is 17.1 Å². The van der Waals surface area contributed by atoms with Gasteiger partial charge in [-0.3, -0.25) is 0 Å². The summed E-state index contributed by atoms with van der Waals surface area (Å²) in [6.45, 7) is 0. The highest BCUT2D eigenvalue weighted by Gasteiger charge is 2.38. The largest absolute Gasteiger partial charge is 0.497 e. The van der Waals surface area contributed by atoms with Crippen LogP contribution in [0.2, 0.25) is 0 Å². The number of aliphatic hydroxyl groups is 1. The van der Waals surface area contributed by atoms with Crippen molar-refractivity contribution in [3.63, 3.8) is 0 Å². The van der Waals surface area contributed by atoms with Crippen LogP contribution in [-0.2, 0) is 12.0 Å². The van der Waals surface area contributed by atoms with Crippen LogP contribution < -0.4 is 15.2 Å². The van der Waals surface area contributed by atoms with E-state index in [4.69, 9.17) is 15.2 Å². The maximum Gasteiger partial charge on any atom is 0.130 e. The van der Waals surface area contributed by atoms with Gasteiger partial charge in [0.2, 0.25) is 0 Å². The van der Waals surface area contributed by atoms with Crippen molar-refractivity contribution in [2.24, 2.45) is 5.73 Å². The molecular weight excluding hydrogens is 338 g/mol. The van der Waals surface area contributed by atoms with E-state index in [1.54, 1.807) is 14.2 Å². The molecule has 0 spiro atoms. The summed E-state index contributed by atoms with van der Waals surface area (Å²) in [5.41, 5.74) is 7.62. The van der Waals surface area contributed by atoms with Gasteiger partial charge in [-0.2, -0.15) is 0 Å². The highest BCUT2D eigenvalue weighted by molar-refractivity contribution is 5.44. The van der Waals surface area contributed by atoms with Crippen LogP contribution in [0.5, 0.6) is 11.5 Å². The zero-order valence-electron chi connectivity index (χ0n) is 15.6. The number of nitrogens with two attached hydrogens (primary N) is 1. The van der Waals surface area contributed by atoms with Crippen LogP contribution in [0.25, 0.3) is 0 Å². The molecule has 3 rings (SSSR count). The van der Waals surface area contributed by atoms with Crippen molar-refractivity contribution in [1.82, 2.24) is 0 Å². The molecule has 1 atom stereocenters. The summed E-state index contributed by atoms with van der Waals surface area (Å²) in [5, 5.41) is 11.9. The molecule has 0 radical (unpaired) electrons. The highest BCUT2D eigenvalue weighted by atomic mass is 16.5. The number of benzene rings is 3. The van der Waals surface area contributed by atoms with Gasteiger partial charge in [-0.1, -0.05) is 54.6 Å². The molecular formula is C23H25NO3. The maximum atomic E-state index is 11.9. The first-order valence-corrected chi connectivity index (χ1v) is 8.89. The SMILES string of the molecule is COc1cccc(C(O)(c2cccc(OC)c2)[C@H](N)Cc2ccccc2)c1. The summed E-state index contributed by atoms with van der Waals surface area (Å²) >= 11 is 0. The van der Waals surface area contributed by atoms with Crippen molar-refractivity contribution in [2.75, 3.05) is 14.2 Å². The molecule has 0 saturated carbocycles. The van der Waals surface area contributed by atoms with Crippen molar-refractivity contribution >= 4 is 0 Å². The van der Waals surface area contributed by atoms with Crippen molar-refractivity contribution in [3.05, 3.63) is 95.6 Å². The van der Waals surface area contributed by atoms with Gasteiger partial charge in [0.15, 0.2) is 0 Å². The van der Waals surface area contributed by atoms with E-state index in [9.17, 15) is 5.11 Å². The van der Waals surface area contributed by atoms with Gasteiger partial charge >= 0.3 is 0 Å². The minimum Gasteiger partial charge on any atom is -0.497 e. The number of methoxy groups -OCH3 is 2. The van der Waals surface area contributed by atoms with E-state index in [0.29, 0.717) is 29.0 Å². The van der Waals surface area contributed by atoms with Gasteiger partial charge in [0.05, 0.1) is 14.2 Å². The molecule has 4 heteroatoms. The van der Waals surface area contributed by atoms with Gasteiger partial charge in [0, 0.05) is 6.04 Å². The molecule has 3 aromatic rings. The highest BCUT2D eigenvalue weighted by Crippen LogP contribution is 2.36. The van der Waals surface area contributed by atoms with Crippen LogP contribution in [0.3, 0.4) is 0 Å². The van der Waals surface area contributed by atoms with Crippen LogP contribution in [0.4, 0.5) is 0 Å². The Bertz CT molecular complexity index is 832. The Labute approximate surface area is 160 Å². The quantitative estimate of drug-likeness (QED) is 0.674. The fourth-order valence-corrected chi connectivity index (χ4v) is 3.33. The number of ether oxygens (including phenoxy) is 2. The lowest BCUT2D eigenvalue weighted by atomic mass is 9.78. The molecule has 3 aromatic carbocycles. The van der Waals surface area contributed by atoms with Gasteiger partial charge in [-0.05, 0) is 47.4 Å². The lowest BCUT2D eigenvalue weighted by Crippen LogP contribution is -2.47. The summed E-state index contributed by atoms with van der Waals surface area (Å²) in [4.78, 5) is 0. The van der Waals surface area contributed by atoms with Crippen molar-refractivity contribution in [2.45, 2.75) is 18.1 Å². The second kappa shape index (κ2) is 8.25. The van der Waals surface area contributed by atoms with Gasteiger partial charge in [0.25, 0.3) is 0 Å². The molecule has 140 valence electrons. The average Bonchev–Trinajstić information content (AvgIpc) is 2.73. The third-order valence-electron chi connectivity index (χ3n) is 4.85. The first kappa shape index (κ1) is 19.0.